The Morgan fingerprint density at radius 1 is 0.971 bits per heavy atom. The van der Waals surface area contributed by atoms with E-state index in [1.54, 1.807) is 22.7 Å². The van der Waals surface area contributed by atoms with E-state index in [1.807, 2.05) is 79.0 Å². The largest absolute Gasteiger partial charge is 0.326 e. The van der Waals surface area contributed by atoms with Gasteiger partial charge in [-0.2, -0.15) is 0 Å². The van der Waals surface area contributed by atoms with Crippen molar-refractivity contribution in [2.24, 2.45) is 0 Å². The zero-order valence-corrected chi connectivity index (χ0v) is 20.6. The van der Waals surface area contributed by atoms with Gasteiger partial charge < -0.3 is 10.3 Å². The van der Waals surface area contributed by atoms with Crippen molar-refractivity contribution in [3.05, 3.63) is 99.1 Å². The molecule has 0 atom stereocenters. The zero-order valence-electron chi connectivity index (χ0n) is 18.9. The highest BCUT2D eigenvalue weighted by atomic mass is 32.1. The van der Waals surface area contributed by atoms with Crippen molar-refractivity contribution in [3.8, 4) is 32.5 Å². The summed E-state index contributed by atoms with van der Waals surface area (Å²) in [4.78, 5) is 39.1. The van der Waals surface area contributed by atoms with Crippen LogP contribution in [0.3, 0.4) is 0 Å². The predicted octanol–water partition coefficient (Wildman–Crippen LogP) is 6.03. The van der Waals surface area contributed by atoms with Gasteiger partial charge in [-0.1, -0.05) is 55.5 Å². The average molecular weight is 499 g/mol. The molecule has 0 saturated heterocycles. The number of H-pyrrole nitrogens is 1. The molecule has 2 N–H and O–H groups in total. The third kappa shape index (κ3) is 5.29. The van der Waals surface area contributed by atoms with Gasteiger partial charge in [0, 0.05) is 33.5 Å². The van der Waals surface area contributed by atoms with Crippen LogP contribution in [0.5, 0.6) is 0 Å². The van der Waals surface area contributed by atoms with Crippen LogP contribution in [-0.4, -0.2) is 20.9 Å². The fraction of sp³-hybridized carbons (Fsp3) is 0.111. The molecule has 1 amide bonds. The van der Waals surface area contributed by atoms with Crippen molar-refractivity contribution in [2.45, 2.75) is 19.8 Å². The normalized spacial score (nSPS) is 10.9. The van der Waals surface area contributed by atoms with Gasteiger partial charge in [0.2, 0.25) is 5.91 Å². The maximum Gasteiger partial charge on any atom is 0.251 e. The Morgan fingerprint density at radius 3 is 2.57 bits per heavy atom. The molecule has 0 unspecified atom stereocenters. The number of amides is 1. The number of anilines is 1. The van der Waals surface area contributed by atoms with Crippen LogP contribution < -0.4 is 10.9 Å². The van der Waals surface area contributed by atoms with Crippen molar-refractivity contribution in [2.75, 3.05) is 5.32 Å². The van der Waals surface area contributed by atoms with Crippen molar-refractivity contribution < 1.29 is 4.79 Å². The second kappa shape index (κ2) is 10.2. The van der Waals surface area contributed by atoms with Gasteiger partial charge in [-0.3, -0.25) is 9.59 Å². The van der Waals surface area contributed by atoms with Gasteiger partial charge in [0.1, 0.15) is 10.8 Å². The molecule has 0 aliphatic heterocycles. The number of hydrogen-bond donors (Lipinski definition) is 2. The number of nitrogens with one attached hydrogen (secondary N) is 2. The Kier molecular flexibility index (Phi) is 6.65. The summed E-state index contributed by atoms with van der Waals surface area (Å²) < 4.78 is 0. The van der Waals surface area contributed by atoms with E-state index in [4.69, 9.17) is 4.98 Å². The van der Waals surface area contributed by atoms with Crippen molar-refractivity contribution in [1.29, 1.82) is 0 Å². The van der Waals surface area contributed by atoms with Crippen LogP contribution in [0.2, 0.25) is 0 Å². The van der Waals surface area contributed by atoms with Gasteiger partial charge in [0.25, 0.3) is 5.56 Å². The summed E-state index contributed by atoms with van der Waals surface area (Å²) in [7, 11) is 0. The van der Waals surface area contributed by atoms with E-state index >= 15 is 0 Å². The van der Waals surface area contributed by atoms with Gasteiger partial charge in [-0.15, -0.1) is 22.7 Å². The fourth-order valence-electron chi connectivity index (χ4n) is 3.70. The van der Waals surface area contributed by atoms with Crippen molar-refractivity contribution >= 4 is 34.3 Å². The number of carbonyl (C=O) groups is 1. The van der Waals surface area contributed by atoms with Gasteiger partial charge in [-0.05, 0) is 30.0 Å². The van der Waals surface area contributed by atoms with E-state index in [0.717, 1.165) is 37.3 Å². The van der Waals surface area contributed by atoms with E-state index in [1.165, 1.54) is 6.07 Å². The van der Waals surface area contributed by atoms with E-state index in [-0.39, 0.29) is 17.9 Å². The molecule has 174 valence electrons. The van der Waals surface area contributed by atoms with Gasteiger partial charge in [-0.25, -0.2) is 9.97 Å². The maximum atomic E-state index is 13.0. The number of rotatable bonds is 7. The maximum absolute atomic E-state index is 13.0. The molecular weight excluding hydrogens is 476 g/mol. The SMILES string of the molecule is CCc1cc(=O)[nH]c(-c2cccc(NC(=O)Cc3sc(-c4ccccc4)nc3-c3cccs3)c2)n1. The lowest BCUT2D eigenvalue weighted by atomic mass is 10.1. The lowest BCUT2D eigenvalue weighted by Crippen LogP contribution is -2.14. The van der Waals surface area contributed by atoms with E-state index in [2.05, 4.69) is 15.3 Å². The monoisotopic (exact) mass is 498 g/mol. The molecule has 2 aromatic carbocycles. The highest BCUT2D eigenvalue weighted by molar-refractivity contribution is 7.17. The van der Waals surface area contributed by atoms with Gasteiger partial charge in [0.15, 0.2) is 0 Å². The predicted molar refractivity (Wildman–Crippen MR) is 143 cm³/mol. The molecule has 0 radical (unpaired) electrons. The number of thiophene rings is 1. The first-order valence-corrected chi connectivity index (χ1v) is 12.9. The van der Waals surface area contributed by atoms with Crippen LogP contribution in [0.1, 0.15) is 17.5 Å². The number of aryl methyl sites for hydroxylation is 1. The first-order chi connectivity index (χ1) is 17.1. The molecule has 0 spiro atoms. The molecule has 5 rings (SSSR count). The number of carbonyl (C=O) groups excluding carboxylic acids is 1. The van der Waals surface area contributed by atoms with Gasteiger partial charge in [0.05, 0.1) is 17.0 Å². The third-order valence-electron chi connectivity index (χ3n) is 5.37. The minimum absolute atomic E-state index is 0.132. The van der Waals surface area contributed by atoms with Crippen LogP contribution in [0.25, 0.3) is 32.5 Å². The lowest BCUT2D eigenvalue weighted by Gasteiger charge is -2.08. The molecular formula is C27H22N4O2S2. The summed E-state index contributed by atoms with van der Waals surface area (Å²) in [6.07, 6.45) is 0.877. The van der Waals surface area contributed by atoms with E-state index < -0.39 is 0 Å². The molecule has 3 aromatic heterocycles. The number of hydrogen-bond acceptors (Lipinski definition) is 6. The summed E-state index contributed by atoms with van der Waals surface area (Å²) in [5.41, 5.74) is 3.79. The number of nitrogens with zero attached hydrogens (tertiary/aromatic N) is 2. The average Bonchev–Trinajstić information content (AvgIpc) is 3.54. The summed E-state index contributed by atoms with van der Waals surface area (Å²) in [5.74, 6) is 0.354. The number of thiazole rings is 1. The quantitative estimate of drug-likeness (QED) is 0.287. The Labute approximate surface area is 210 Å². The molecule has 0 saturated carbocycles. The molecule has 3 heterocycles. The van der Waals surface area contributed by atoms with Gasteiger partial charge >= 0.3 is 0 Å². The Hall–Kier alpha value is -3.88. The molecule has 0 bridgehead atoms. The molecule has 5 aromatic rings. The minimum atomic E-state index is -0.193. The summed E-state index contributed by atoms with van der Waals surface area (Å²) in [5, 5.41) is 5.89. The van der Waals surface area contributed by atoms with E-state index in [0.29, 0.717) is 17.9 Å². The summed E-state index contributed by atoms with van der Waals surface area (Å²) in [6, 6.07) is 22.8. The lowest BCUT2D eigenvalue weighted by molar-refractivity contribution is -0.115. The first kappa shape index (κ1) is 22.9. The summed E-state index contributed by atoms with van der Waals surface area (Å²) in [6.45, 7) is 1.95. The van der Waals surface area contributed by atoms with Crippen LogP contribution in [0, 0.1) is 0 Å². The Balaban J connectivity index is 1.39. The Morgan fingerprint density at radius 2 is 1.80 bits per heavy atom. The standard InChI is InChI=1S/C27H22N4O2S2/c1-2-19-15-23(32)30-26(29-19)18-10-6-11-20(14-18)28-24(33)16-22-25(21-12-7-13-34-21)31-27(35-22)17-8-4-3-5-9-17/h3-15H,2,16H2,1H3,(H,28,33)(H,29,30,32). The Bertz CT molecular complexity index is 1520. The highest BCUT2D eigenvalue weighted by Crippen LogP contribution is 2.36. The first-order valence-electron chi connectivity index (χ1n) is 11.2. The number of aromatic amines is 1. The zero-order chi connectivity index (χ0) is 24.2. The van der Waals surface area contributed by atoms with Crippen molar-refractivity contribution in [3.63, 3.8) is 0 Å². The molecule has 0 fully saturated rings. The molecule has 0 aliphatic carbocycles. The van der Waals surface area contributed by atoms with E-state index in [9.17, 15) is 9.59 Å². The second-order valence-corrected chi connectivity index (χ2v) is 9.91. The van der Waals surface area contributed by atoms with Crippen LogP contribution >= 0.6 is 22.7 Å². The number of aromatic nitrogens is 3. The minimum Gasteiger partial charge on any atom is -0.326 e. The second-order valence-electron chi connectivity index (χ2n) is 7.88. The van der Waals surface area contributed by atoms with Crippen LogP contribution in [0.15, 0.2) is 83.0 Å². The van der Waals surface area contributed by atoms with Crippen LogP contribution in [0.4, 0.5) is 5.69 Å². The summed E-state index contributed by atoms with van der Waals surface area (Å²) >= 11 is 3.15. The smallest absolute Gasteiger partial charge is 0.251 e. The molecule has 8 heteroatoms. The number of benzene rings is 2. The topological polar surface area (TPSA) is 87.7 Å². The highest BCUT2D eigenvalue weighted by Gasteiger charge is 2.18. The molecule has 6 nitrogen and oxygen atoms in total. The van der Waals surface area contributed by atoms with Crippen LogP contribution in [-0.2, 0) is 17.6 Å². The molecule has 0 aliphatic rings. The van der Waals surface area contributed by atoms with Crippen molar-refractivity contribution in [1.82, 2.24) is 15.0 Å². The molecule has 35 heavy (non-hydrogen) atoms. The fourth-order valence-corrected chi connectivity index (χ4v) is 5.59. The third-order valence-corrected chi connectivity index (χ3v) is 7.35.